The summed E-state index contributed by atoms with van der Waals surface area (Å²) in [6.45, 7) is 3.50. The van der Waals surface area contributed by atoms with Crippen molar-refractivity contribution < 1.29 is 19.1 Å². The maximum absolute atomic E-state index is 11.6. The molecular weight excluding hydrogens is 226 g/mol. The molecule has 0 aromatic rings. The van der Waals surface area contributed by atoms with Crippen LogP contribution in [-0.2, 0) is 19.1 Å². The Kier molecular flexibility index (Phi) is 6.19. The highest BCUT2D eigenvalue weighted by atomic mass is 16.5. The van der Waals surface area contributed by atoms with Crippen LogP contribution < -0.4 is 16.8 Å². The molecule has 0 fully saturated rings. The van der Waals surface area contributed by atoms with Crippen LogP contribution in [0.3, 0.4) is 0 Å². The summed E-state index contributed by atoms with van der Waals surface area (Å²) in [5.74, 6) is -1.98. The van der Waals surface area contributed by atoms with Crippen LogP contribution >= 0.6 is 0 Å². The van der Waals surface area contributed by atoms with Crippen LogP contribution in [0.1, 0.15) is 20.3 Å². The number of hydrogen-bond donors (Lipinski definition) is 3. The highest BCUT2D eigenvalue weighted by Crippen LogP contribution is 2.04. The molecule has 0 saturated heterocycles. The Bertz CT molecular complexity index is 304. The molecular formula is C10H19N3O4. The van der Waals surface area contributed by atoms with Crippen LogP contribution in [0, 0.1) is 5.92 Å². The predicted octanol–water partition coefficient (Wildman–Crippen LogP) is -1.50. The fourth-order valence-corrected chi connectivity index (χ4v) is 1.19. The van der Waals surface area contributed by atoms with Gasteiger partial charge in [-0.05, 0) is 5.92 Å². The maximum Gasteiger partial charge on any atom is 0.328 e. The van der Waals surface area contributed by atoms with Gasteiger partial charge < -0.3 is 21.5 Å². The first-order chi connectivity index (χ1) is 7.79. The predicted molar refractivity (Wildman–Crippen MR) is 60.6 cm³/mol. The van der Waals surface area contributed by atoms with E-state index in [1.165, 1.54) is 7.11 Å². The number of amides is 2. The van der Waals surface area contributed by atoms with Crippen LogP contribution in [0.25, 0.3) is 0 Å². The van der Waals surface area contributed by atoms with E-state index in [0.29, 0.717) is 0 Å². The Labute approximate surface area is 99.9 Å². The Balaban J connectivity index is 4.50. The topological polar surface area (TPSA) is 125 Å². The molecule has 0 radical (unpaired) electrons. The maximum atomic E-state index is 11.6. The standard InChI is InChI=1S/C10H19N3O4/c1-5(2)8(10(16)17-3)13-9(15)6(11)4-7(12)14/h5-6,8H,4,11H2,1-3H3,(H2,12,14)(H,13,15)/t6?,8-/m1/s1. The van der Waals surface area contributed by atoms with E-state index in [1.54, 1.807) is 13.8 Å². The third-order valence-corrected chi connectivity index (χ3v) is 2.18. The van der Waals surface area contributed by atoms with Crippen molar-refractivity contribution in [2.24, 2.45) is 17.4 Å². The van der Waals surface area contributed by atoms with Crippen LogP contribution in [0.2, 0.25) is 0 Å². The smallest absolute Gasteiger partial charge is 0.328 e. The lowest BCUT2D eigenvalue weighted by Gasteiger charge is -2.21. The molecule has 0 saturated carbocycles. The normalized spacial score (nSPS) is 13.9. The number of carbonyl (C=O) groups is 3. The third-order valence-electron chi connectivity index (χ3n) is 2.18. The summed E-state index contributed by atoms with van der Waals surface area (Å²) in [7, 11) is 1.23. The molecule has 0 aromatic carbocycles. The molecule has 0 aliphatic carbocycles. The SMILES string of the molecule is COC(=O)[C@H](NC(=O)C(N)CC(N)=O)C(C)C. The van der Waals surface area contributed by atoms with E-state index in [2.05, 4.69) is 10.1 Å². The third kappa shape index (κ3) is 5.30. The fraction of sp³-hybridized carbons (Fsp3) is 0.700. The molecule has 7 nitrogen and oxygen atoms in total. The van der Waals surface area contributed by atoms with E-state index < -0.39 is 29.9 Å². The quantitative estimate of drug-likeness (QED) is 0.491. The van der Waals surface area contributed by atoms with E-state index in [0.717, 1.165) is 0 Å². The zero-order valence-electron chi connectivity index (χ0n) is 10.2. The van der Waals surface area contributed by atoms with Crippen molar-refractivity contribution in [3.05, 3.63) is 0 Å². The largest absolute Gasteiger partial charge is 0.467 e. The highest BCUT2D eigenvalue weighted by Gasteiger charge is 2.27. The molecule has 0 spiro atoms. The van der Waals surface area contributed by atoms with Crippen molar-refractivity contribution in [1.82, 2.24) is 5.32 Å². The molecule has 0 aliphatic heterocycles. The molecule has 7 heteroatoms. The van der Waals surface area contributed by atoms with E-state index in [1.807, 2.05) is 0 Å². The lowest BCUT2D eigenvalue weighted by molar-refractivity contribution is -0.146. The number of primary amides is 1. The Morgan fingerprint density at radius 1 is 1.29 bits per heavy atom. The van der Waals surface area contributed by atoms with E-state index in [9.17, 15) is 14.4 Å². The zero-order chi connectivity index (χ0) is 13.6. The summed E-state index contributed by atoms with van der Waals surface area (Å²) in [6.07, 6.45) is -0.266. The first-order valence-electron chi connectivity index (χ1n) is 5.21. The molecule has 0 rings (SSSR count). The molecule has 0 heterocycles. The molecule has 2 atom stereocenters. The van der Waals surface area contributed by atoms with Crippen LogP contribution in [-0.4, -0.2) is 37.0 Å². The second-order valence-corrected chi connectivity index (χ2v) is 4.03. The van der Waals surface area contributed by atoms with E-state index in [-0.39, 0.29) is 12.3 Å². The first kappa shape index (κ1) is 15.4. The number of nitrogens with two attached hydrogens (primary N) is 2. The van der Waals surface area contributed by atoms with Crippen LogP contribution in [0.4, 0.5) is 0 Å². The fourth-order valence-electron chi connectivity index (χ4n) is 1.19. The van der Waals surface area contributed by atoms with Crippen LogP contribution in [0.5, 0.6) is 0 Å². The van der Waals surface area contributed by atoms with Gasteiger partial charge in [-0.25, -0.2) is 4.79 Å². The lowest BCUT2D eigenvalue weighted by atomic mass is 10.0. The molecule has 2 amide bonds. The van der Waals surface area contributed by atoms with Crippen LogP contribution in [0.15, 0.2) is 0 Å². The van der Waals surface area contributed by atoms with Crippen molar-refractivity contribution in [2.75, 3.05) is 7.11 Å². The molecule has 0 aromatic heterocycles. The number of carbonyl (C=O) groups excluding carboxylic acids is 3. The van der Waals surface area contributed by atoms with Crippen molar-refractivity contribution >= 4 is 17.8 Å². The van der Waals surface area contributed by atoms with Gasteiger partial charge in [-0.2, -0.15) is 0 Å². The van der Waals surface area contributed by atoms with Gasteiger partial charge in [0.15, 0.2) is 0 Å². The van der Waals surface area contributed by atoms with Gasteiger partial charge in [0.2, 0.25) is 11.8 Å². The van der Waals surface area contributed by atoms with E-state index >= 15 is 0 Å². The molecule has 17 heavy (non-hydrogen) atoms. The Morgan fingerprint density at radius 3 is 2.18 bits per heavy atom. The summed E-state index contributed by atoms with van der Waals surface area (Å²) >= 11 is 0. The minimum atomic E-state index is -1.06. The monoisotopic (exact) mass is 245 g/mol. The molecule has 1 unspecified atom stereocenters. The van der Waals surface area contributed by atoms with Gasteiger partial charge in [-0.1, -0.05) is 13.8 Å². The number of nitrogens with one attached hydrogen (secondary N) is 1. The zero-order valence-corrected chi connectivity index (χ0v) is 10.2. The Morgan fingerprint density at radius 2 is 1.82 bits per heavy atom. The van der Waals surface area contributed by atoms with Crippen molar-refractivity contribution in [1.29, 1.82) is 0 Å². The number of hydrogen-bond acceptors (Lipinski definition) is 5. The molecule has 0 aliphatic rings. The molecule has 5 N–H and O–H groups in total. The molecule has 98 valence electrons. The van der Waals surface area contributed by atoms with Gasteiger partial charge in [0.1, 0.15) is 6.04 Å². The number of ether oxygens (including phenoxy) is 1. The summed E-state index contributed by atoms with van der Waals surface area (Å²) in [6, 6.07) is -1.84. The van der Waals surface area contributed by atoms with Crippen molar-refractivity contribution in [3.8, 4) is 0 Å². The van der Waals surface area contributed by atoms with Gasteiger partial charge in [0.25, 0.3) is 0 Å². The van der Waals surface area contributed by atoms with Gasteiger partial charge in [-0.3, -0.25) is 9.59 Å². The summed E-state index contributed by atoms with van der Waals surface area (Å²) in [4.78, 5) is 33.5. The summed E-state index contributed by atoms with van der Waals surface area (Å²) < 4.78 is 4.55. The van der Waals surface area contributed by atoms with Crippen molar-refractivity contribution in [3.63, 3.8) is 0 Å². The average molecular weight is 245 g/mol. The number of methoxy groups -OCH3 is 1. The molecule has 0 bridgehead atoms. The lowest BCUT2D eigenvalue weighted by Crippen LogP contribution is -2.51. The van der Waals surface area contributed by atoms with E-state index in [4.69, 9.17) is 11.5 Å². The Hall–Kier alpha value is -1.63. The minimum absolute atomic E-state index is 0.146. The summed E-state index contributed by atoms with van der Waals surface area (Å²) in [5, 5.41) is 2.43. The highest BCUT2D eigenvalue weighted by molar-refractivity contribution is 5.90. The van der Waals surface area contributed by atoms with Gasteiger partial charge >= 0.3 is 5.97 Å². The first-order valence-corrected chi connectivity index (χ1v) is 5.21. The minimum Gasteiger partial charge on any atom is -0.467 e. The van der Waals surface area contributed by atoms with Gasteiger partial charge in [0.05, 0.1) is 19.6 Å². The van der Waals surface area contributed by atoms with Crippen molar-refractivity contribution in [2.45, 2.75) is 32.4 Å². The van der Waals surface area contributed by atoms with Gasteiger partial charge in [0, 0.05) is 0 Å². The second kappa shape index (κ2) is 6.85. The number of esters is 1. The second-order valence-electron chi connectivity index (χ2n) is 4.03. The summed E-state index contributed by atoms with van der Waals surface area (Å²) in [5.41, 5.74) is 10.4. The average Bonchev–Trinajstić information content (AvgIpc) is 2.22. The number of rotatable bonds is 6. The van der Waals surface area contributed by atoms with Gasteiger partial charge in [-0.15, -0.1) is 0 Å².